The molecule has 18 heavy (non-hydrogen) atoms. The van der Waals surface area contributed by atoms with Gasteiger partial charge in [0.25, 0.3) is 0 Å². The summed E-state index contributed by atoms with van der Waals surface area (Å²) in [6, 6.07) is 8.23. The zero-order valence-electron chi connectivity index (χ0n) is 11.5. The molecule has 1 aromatic rings. The van der Waals surface area contributed by atoms with Crippen LogP contribution in [0.1, 0.15) is 18.9 Å². The van der Waals surface area contributed by atoms with Crippen molar-refractivity contribution >= 4 is 0 Å². The predicted octanol–water partition coefficient (Wildman–Crippen LogP) is 2.06. The smallest absolute Gasteiger partial charge is 0.122 e. The third-order valence-corrected chi connectivity index (χ3v) is 3.48. The van der Waals surface area contributed by atoms with Gasteiger partial charge in [0.05, 0.1) is 6.10 Å². The Morgan fingerprint density at radius 3 is 2.72 bits per heavy atom. The number of benzene rings is 1. The standard InChI is InChI=1S/C15H24N2O/c1-13-5-3-4-6-15(13)18-14(2)7-10-17-11-8-16-9-12-17/h3-6,14,16H,7-12H2,1-2H3. The van der Waals surface area contributed by atoms with Gasteiger partial charge in [-0.05, 0) is 31.9 Å². The second kappa shape index (κ2) is 6.76. The number of hydrogen-bond donors (Lipinski definition) is 1. The van der Waals surface area contributed by atoms with E-state index in [1.165, 1.54) is 5.56 Å². The summed E-state index contributed by atoms with van der Waals surface area (Å²) in [6.45, 7) is 9.95. The van der Waals surface area contributed by atoms with Crippen LogP contribution in [0.2, 0.25) is 0 Å². The van der Waals surface area contributed by atoms with Crippen molar-refractivity contribution in [3.8, 4) is 5.75 Å². The topological polar surface area (TPSA) is 24.5 Å². The molecule has 1 N–H and O–H groups in total. The minimum Gasteiger partial charge on any atom is -0.490 e. The summed E-state index contributed by atoms with van der Waals surface area (Å²) in [7, 11) is 0. The summed E-state index contributed by atoms with van der Waals surface area (Å²) in [6.07, 6.45) is 1.37. The first-order valence-electron chi connectivity index (χ1n) is 6.91. The lowest BCUT2D eigenvalue weighted by Gasteiger charge is -2.28. The second-order valence-electron chi connectivity index (χ2n) is 5.07. The van der Waals surface area contributed by atoms with Crippen molar-refractivity contribution in [3.05, 3.63) is 29.8 Å². The highest BCUT2D eigenvalue weighted by Crippen LogP contribution is 2.18. The van der Waals surface area contributed by atoms with Crippen LogP contribution in [0.15, 0.2) is 24.3 Å². The Balaban J connectivity index is 1.74. The van der Waals surface area contributed by atoms with Crippen molar-refractivity contribution in [2.75, 3.05) is 32.7 Å². The number of nitrogens with zero attached hydrogens (tertiary/aromatic N) is 1. The van der Waals surface area contributed by atoms with Gasteiger partial charge in [-0.1, -0.05) is 18.2 Å². The van der Waals surface area contributed by atoms with Crippen molar-refractivity contribution in [3.63, 3.8) is 0 Å². The van der Waals surface area contributed by atoms with Gasteiger partial charge in [-0.2, -0.15) is 0 Å². The number of aryl methyl sites for hydroxylation is 1. The highest BCUT2D eigenvalue weighted by atomic mass is 16.5. The average Bonchev–Trinajstić information content (AvgIpc) is 2.40. The maximum atomic E-state index is 5.99. The van der Waals surface area contributed by atoms with E-state index < -0.39 is 0 Å². The third-order valence-electron chi connectivity index (χ3n) is 3.48. The SMILES string of the molecule is Cc1ccccc1OC(C)CCN1CCNCC1. The number of nitrogens with one attached hydrogen (secondary N) is 1. The molecule has 0 bridgehead atoms. The van der Waals surface area contributed by atoms with Crippen molar-refractivity contribution in [1.82, 2.24) is 10.2 Å². The van der Waals surface area contributed by atoms with Crippen LogP contribution in [0, 0.1) is 6.92 Å². The van der Waals surface area contributed by atoms with E-state index in [-0.39, 0.29) is 6.10 Å². The van der Waals surface area contributed by atoms with Gasteiger partial charge in [-0.25, -0.2) is 0 Å². The van der Waals surface area contributed by atoms with E-state index >= 15 is 0 Å². The van der Waals surface area contributed by atoms with Gasteiger partial charge in [0.2, 0.25) is 0 Å². The summed E-state index contributed by atoms with van der Waals surface area (Å²) in [4.78, 5) is 2.51. The van der Waals surface area contributed by atoms with Crippen LogP contribution in [-0.2, 0) is 0 Å². The molecule has 0 amide bonds. The molecule has 1 aromatic carbocycles. The summed E-state index contributed by atoms with van der Waals surface area (Å²) < 4.78 is 5.99. The van der Waals surface area contributed by atoms with E-state index in [0.29, 0.717) is 0 Å². The van der Waals surface area contributed by atoms with Crippen molar-refractivity contribution in [2.45, 2.75) is 26.4 Å². The maximum absolute atomic E-state index is 5.99. The van der Waals surface area contributed by atoms with E-state index in [1.54, 1.807) is 0 Å². The van der Waals surface area contributed by atoms with Gasteiger partial charge in [-0.15, -0.1) is 0 Å². The van der Waals surface area contributed by atoms with E-state index in [4.69, 9.17) is 4.74 Å². The molecule has 0 aliphatic carbocycles. The van der Waals surface area contributed by atoms with Gasteiger partial charge in [0.15, 0.2) is 0 Å². The van der Waals surface area contributed by atoms with Gasteiger partial charge in [0.1, 0.15) is 5.75 Å². The van der Waals surface area contributed by atoms with Crippen molar-refractivity contribution < 1.29 is 4.74 Å². The molecule has 0 saturated carbocycles. The zero-order chi connectivity index (χ0) is 12.8. The largest absolute Gasteiger partial charge is 0.490 e. The Bertz CT molecular complexity index is 361. The normalized spacial score (nSPS) is 18.6. The summed E-state index contributed by atoms with van der Waals surface area (Å²) in [5.41, 5.74) is 1.21. The van der Waals surface area contributed by atoms with Crippen LogP contribution in [0.25, 0.3) is 0 Å². The van der Waals surface area contributed by atoms with Crippen molar-refractivity contribution in [1.29, 1.82) is 0 Å². The zero-order valence-corrected chi connectivity index (χ0v) is 11.5. The van der Waals surface area contributed by atoms with Crippen LogP contribution in [0.4, 0.5) is 0 Å². The summed E-state index contributed by atoms with van der Waals surface area (Å²) in [5, 5.41) is 3.38. The van der Waals surface area contributed by atoms with Gasteiger partial charge in [-0.3, -0.25) is 0 Å². The fourth-order valence-corrected chi connectivity index (χ4v) is 2.26. The molecule has 1 aliphatic heterocycles. The van der Waals surface area contributed by atoms with Crippen LogP contribution >= 0.6 is 0 Å². The van der Waals surface area contributed by atoms with Gasteiger partial charge < -0.3 is 15.0 Å². The molecule has 0 radical (unpaired) electrons. The Kier molecular flexibility index (Phi) is 5.02. The molecule has 2 rings (SSSR count). The molecule has 1 aliphatic rings. The van der Waals surface area contributed by atoms with Gasteiger partial charge >= 0.3 is 0 Å². The molecular weight excluding hydrogens is 224 g/mol. The monoisotopic (exact) mass is 248 g/mol. The van der Waals surface area contributed by atoms with E-state index in [2.05, 4.69) is 36.2 Å². The predicted molar refractivity (Wildman–Crippen MR) is 75.2 cm³/mol. The molecule has 1 unspecified atom stereocenters. The fraction of sp³-hybridized carbons (Fsp3) is 0.600. The lowest BCUT2D eigenvalue weighted by molar-refractivity contribution is 0.167. The molecule has 0 spiro atoms. The molecule has 3 nitrogen and oxygen atoms in total. The quantitative estimate of drug-likeness (QED) is 0.863. The Morgan fingerprint density at radius 1 is 1.28 bits per heavy atom. The molecule has 1 fully saturated rings. The lowest BCUT2D eigenvalue weighted by atomic mass is 10.2. The van der Waals surface area contributed by atoms with E-state index in [9.17, 15) is 0 Å². The Morgan fingerprint density at radius 2 is 2.00 bits per heavy atom. The number of para-hydroxylation sites is 1. The summed E-state index contributed by atoms with van der Waals surface area (Å²) in [5.74, 6) is 1.02. The van der Waals surface area contributed by atoms with Crippen LogP contribution in [0.5, 0.6) is 5.75 Å². The first kappa shape index (κ1) is 13.4. The first-order valence-corrected chi connectivity index (χ1v) is 6.91. The van der Waals surface area contributed by atoms with E-state index in [1.807, 2.05) is 12.1 Å². The third kappa shape index (κ3) is 4.00. The number of hydrogen-bond acceptors (Lipinski definition) is 3. The van der Waals surface area contributed by atoms with Crippen LogP contribution in [-0.4, -0.2) is 43.7 Å². The number of ether oxygens (including phenoxy) is 1. The lowest BCUT2D eigenvalue weighted by Crippen LogP contribution is -2.44. The molecule has 3 heteroatoms. The maximum Gasteiger partial charge on any atom is 0.122 e. The number of piperazine rings is 1. The second-order valence-corrected chi connectivity index (χ2v) is 5.07. The minimum absolute atomic E-state index is 0.279. The Labute approximate surface area is 110 Å². The first-order chi connectivity index (χ1) is 8.75. The number of rotatable bonds is 5. The highest BCUT2D eigenvalue weighted by molar-refractivity contribution is 5.31. The molecule has 1 atom stereocenters. The molecule has 100 valence electrons. The minimum atomic E-state index is 0.279. The molecule has 1 heterocycles. The summed E-state index contributed by atoms with van der Waals surface area (Å²) >= 11 is 0. The molecule has 0 aromatic heterocycles. The van der Waals surface area contributed by atoms with Crippen LogP contribution in [0.3, 0.4) is 0 Å². The highest BCUT2D eigenvalue weighted by Gasteiger charge is 2.12. The van der Waals surface area contributed by atoms with Gasteiger partial charge in [0, 0.05) is 32.7 Å². The fourth-order valence-electron chi connectivity index (χ4n) is 2.26. The molecule has 1 saturated heterocycles. The van der Waals surface area contributed by atoms with Crippen molar-refractivity contribution in [2.24, 2.45) is 0 Å². The molecular formula is C15H24N2O. The average molecular weight is 248 g/mol. The van der Waals surface area contributed by atoms with Crippen LogP contribution < -0.4 is 10.1 Å². The Hall–Kier alpha value is -1.06. The van der Waals surface area contributed by atoms with E-state index in [0.717, 1.165) is 44.9 Å².